The van der Waals surface area contributed by atoms with Crippen LogP contribution in [0.2, 0.25) is 0 Å². The molecular weight excluding hydrogens is 188 g/mol. The molecule has 0 heterocycles. The molecule has 0 aromatic heterocycles. The van der Waals surface area contributed by atoms with Crippen LogP contribution in [0.15, 0.2) is 12.7 Å². The van der Waals surface area contributed by atoms with Gasteiger partial charge < -0.3 is 5.11 Å². The molecule has 2 rings (SSSR count). The van der Waals surface area contributed by atoms with E-state index in [-0.39, 0.29) is 22.5 Å². The zero-order valence-electron chi connectivity index (χ0n) is 9.84. The Bertz CT molecular complexity index is 331. The number of rotatable bonds is 2. The van der Waals surface area contributed by atoms with Crippen LogP contribution in [0.4, 0.5) is 0 Å². The standard InChI is InChI=1S/C13H20O2/c1-5-7-13(15)10(14)9-6-8-12(13,4)11(9,2)3/h5,9,15H,1,6-8H2,2-4H3/t9-,12+,13-/m0/s1. The van der Waals surface area contributed by atoms with Gasteiger partial charge in [0.25, 0.3) is 0 Å². The summed E-state index contributed by atoms with van der Waals surface area (Å²) in [7, 11) is 0. The lowest BCUT2D eigenvalue weighted by molar-refractivity contribution is -0.150. The number of hydrogen-bond acceptors (Lipinski definition) is 2. The van der Waals surface area contributed by atoms with Gasteiger partial charge >= 0.3 is 0 Å². The smallest absolute Gasteiger partial charge is 0.168 e. The molecular formula is C13H20O2. The number of Topliss-reactive ketones (excluding diaryl/α,β-unsaturated/α-hetero) is 1. The lowest BCUT2D eigenvalue weighted by Gasteiger charge is -2.43. The van der Waals surface area contributed by atoms with Crippen molar-refractivity contribution in [1.82, 2.24) is 0 Å². The Hall–Kier alpha value is -0.630. The van der Waals surface area contributed by atoms with Crippen molar-refractivity contribution in [2.75, 3.05) is 0 Å². The minimum atomic E-state index is -1.17. The van der Waals surface area contributed by atoms with Gasteiger partial charge in [-0.3, -0.25) is 4.79 Å². The Morgan fingerprint density at radius 3 is 2.53 bits per heavy atom. The summed E-state index contributed by atoms with van der Waals surface area (Å²) >= 11 is 0. The largest absolute Gasteiger partial charge is 0.381 e. The van der Waals surface area contributed by atoms with Crippen LogP contribution < -0.4 is 0 Å². The Morgan fingerprint density at radius 2 is 2.13 bits per heavy atom. The van der Waals surface area contributed by atoms with Crippen LogP contribution in [-0.2, 0) is 4.79 Å². The van der Waals surface area contributed by atoms with Crippen LogP contribution in [-0.4, -0.2) is 16.5 Å². The van der Waals surface area contributed by atoms with Crippen molar-refractivity contribution in [2.45, 2.75) is 45.6 Å². The first-order valence-corrected chi connectivity index (χ1v) is 5.69. The molecule has 0 aromatic rings. The molecule has 2 bridgehead atoms. The van der Waals surface area contributed by atoms with Crippen molar-refractivity contribution in [3.05, 3.63) is 12.7 Å². The maximum absolute atomic E-state index is 12.2. The molecule has 0 saturated heterocycles. The lowest BCUT2D eigenvalue weighted by Crippen LogP contribution is -2.51. The van der Waals surface area contributed by atoms with Crippen LogP contribution in [0.25, 0.3) is 0 Å². The molecule has 15 heavy (non-hydrogen) atoms. The minimum Gasteiger partial charge on any atom is -0.381 e. The van der Waals surface area contributed by atoms with Crippen molar-refractivity contribution in [2.24, 2.45) is 16.7 Å². The summed E-state index contributed by atoms with van der Waals surface area (Å²) in [6.07, 6.45) is 3.94. The number of carbonyl (C=O) groups excluding carboxylic acids is 1. The highest BCUT2D eigenvalue weighted by atomic mass is 16.3. The van der Waals surface area contributed by atoms with Gasteiger partial charge in [0, 0.05) is 17.8 Å². The van der Waals surface area contributed by atoms with E-state index in [0.29, 0.717) is 6.42 Å². The molecule has 1 N–H and O–H groups in total. The minimum absolute atomic E-state index is 0.0347. The quantitative estimate of drug-likeness (QED) is 0.707. The first kappa shape index (κ1) is 10.9. The SMILES string of the molecule is C=CC[C@]1(O)C(=O)[C@@H]2CC[C@]1(C)C2(C)C. The van der Waals surface area contributed by atoms with Crippen LogP contribution in [0, 0.1) is 16.7 Å². The van der Waals surface area contributed by atoms with E-state index in [1.807, 2.05) is 0 Å². The van der Waals surface area contributed by atoms with E-state index in [9.17, 15) is 9.90 Å². The summed E-state index contributed by atoms with van der Waals surface area (Å²) in [4.78, 5) is 12.2. The normalized spacial score (nSPS) is 47.2. The highest BCUT2D eigenvalue weighted by Crippen LogP contribution is 2.68. The van der Waals surface area contributed by atoms with Gasteiger partial charge in [0.1, 0.15) is 5.60 Å². The van der Waals surface area contributed by atoms with Gasteiger partial charge in [-0.25, -0.2) is 0 Å². The molecule has 2 nitrogen and oxygen atoms in total. The Kier molecular flexibility index (Phi) is 1.98. The summed E-state index contributed by atoms with van der Waals surface area (Å²) in [5.74, 6) is 0.0774. The zero-order chi connectivity index (χ0) is 11.5. The molecule has 3 atom stereocenters. The molecule has 2 heteroatoms. The summed E-state index contributed by atoms with van der Waals surface area (Å²) in [6, 6.07) is 0. The molecule has 2 fully saturated rings. The molecule has 0 amide bonds. The van der Waals surface area contributed by atoms with Crippen LogP contribution in [0.1, 0.15) is 40.0 Å². The third-order valence-corrected chi connectivity index (χ3v) is 5.30. The maximum Gasteiger partial charge on any atom is 0.168 e. The summed E-state index contributed by atoms with van der Waals surface area (Å²) < 4.78 is 0. The number of carbonyl (C=O) groups is 1. The number of ketones is 1. The first-order chi connectivity index (χ1) is 6.81. The molecule has 0 aromatic carbocycles. The second-order valence-electron chi connectivity index (χ2n) is 5.86. The molecule has 0 spiro atoms. The molecule has 0 aliphatic heterocycles. The molecule has 84 valence electrons. The molecule has 2 aliphatic rings. The van der Waals surface area contributed by atoms with E-state index < -0.39 is 5.60 Å². The number of fused-ring (bicyclic) bond motifs is 2. The van der Waals surface area contributed by atoms with E-state index in [4.69, 9.17) is 0 Å². The number of hydrogen-bond donors (Lipinski definition) is 1. The van der Waals surface area contributed by atoms with Crippen molar-refractivity contribution >= 4 is 5.78 Å². The third-order valence-electron chi connectivity index (χ3n) is 5.30. The second-order valence-corrected chi connectivity index (χ2v) is 5.86. The van der Waals surface area contributed by atoms with E-state index in [0.717, 1.165) is 12.8 Å². The molecule has 0 unspecified atom stereocenters. The monoisotopic (exact) mass is 208 g/mol. The van der Waals surface area contributed by atoms with E-state index in [2.05, 4.69) is 27.4 Å². The Balaban J connectivity index is 2.53. The van der Waals surface area contributed by atoms with Gasteiger partial charge in [0.2, 0.25) is 0 Å². The fourth-order valence-electron chi connectivity index (χ4n) is 3.79. The highest BCUT2D eigenvalue weighted by Gasteiger charge is 2.72. The van der Waals surface area contributed by atoms with E-state index in [1.54, 1.807) is 6.08 Å². The summed E-state index contributed by atoms with van der Waals surface area (Å²) in [5.41, 5.74) is -1.53. The average molecular weight is 208 g/mol. The van der Waals surface area contributed by atoms with Crippen LogP contribution >= 0.6 is 0 Å². The summed E-state index contributed by atoms with van der Waals surface area (Å²) in [6.45, 7) is 9.94. The van der Waals surface area contributed by atoms with Gasteiger partial charge in [0.15, 0.2) is 5.78 Å². The van der Waals surface area contributed by atoms with Crippen molar-refractivity contribution in [3.8, 4) is 0 Å². The fourth-order valence-corrected chi connectivity index (χ4v) is 3.79. The van der Waals surface area contributed by atoms with E-state index >= 15 is 0 Å². The topological polar surface area (TPSA) is 37.3 Å². The van der Waals surface area contributed by atoms with Crippen molar-refractivity contribution in [1.29, 1.82) is 0 Å². The predicted molar refractivity (Wildman–Crippen MR) is 59.4 cm³/mol. The first-order valence-electron chi connectivity index (χ1n) is 5.69. The zero-order valence-corrected chi connectivity index (χ0v) is 9.84. The molecule has 2 saturated carbocycles. The highest BCUT2D eigenvalue weighted by molar-refractivity contribution is 5.95. The number of aliphatic hydroxyl groups is 1. The van der Waals surface area contributed by atoms with Crippen molar-refractivity contribution < 1.29 is 9.90 Å². The second kappa shape index (κ2) is 2.73. The predicted octanol–water partition coefficient (Wildman–Crippen LogP) is 2.32. The maximum atomic E-state index is 12.2. The third kappa shape index (κ3) is 0.919. The Labute approximate surface area is 91.4 Å². The fraction of sp³-hybridized carbons (Fsp3) is 0.769. The van der Waals surface area contributed by atoms with Crippen LogP contribution in [0.5, 0.6) is 0 Å². The van der Waals surface area contributed by atoms with E-state index in [1.165, 1.54) is 0 Å². The van der Waals surface area contributed by atoms with Crippen LogP contribution in [0.3, 0.4) is 0 Å². The Morgan fingerprint density at radius 1 is 1.53 bits per heavy atom. The average Bonchev–Trinajstić information content (AvgIpc) is 2.42. The van der Waals surface area contributed by atoms with Gasteiger partial charge in [-0.15, -0.1) is 6.58 Å². The lowest BCUT2D eigenvalue weighted by atomic mass is 9.63. The van der Waals surface area contributed by atoms with Crippen molar-refractivity contribution in [3.63, 3.8) is 0 Å². The molecule has 0 radical (unpaired) electrons. The van der Waals surface area contributed by atoms with Gasteiger partial charge in [-0.05, 0) is 18.3 Å². The summed E-state index contributed by atoms with van der Waals surface area (Å²) in [5, 5.41) is 10.6. The molecule has 2 aliphatic carbocycles. The van der Waals surface area contributed by atoms with Gasteiger partial charge in [0.05, 0.1) is 0 Å². The van der Waals surface area contributed by atoms with Gasteiger partial charge in [-0.2, -0.15) is 0 Å². The van der Waals surface area contributed by atoms with Gasteiger partial charge in [-0.1, -0.05) is 26.8 Å².